The van der Waals surface area contributed by atoms with Crippen LogP contribution in [0.5, 0.6) is 5.75 Å². The summed E-state index contributed by atoms with van der Waals surface area (Å²) in [7, 11) is 0. The summed E-state index contributed by atoms with van der Waals surface area (Å²) in [5.74, 6) is 0.817. The Kier molecular flexibility index (Phi) is 3.51. The van der Waals surface area contributed by atoms with E-state index < -0.39 is 0 Å². The predicted molar refractivity (Wildman–Crippen MR) is 69.1 cm³/mol. The van der Waals surface area contributed by atoms with Crippen LogP contribution in [0, 0.1) is 6.92 Å². The molecule has 3 heteroatoms. The third kappa shape index (κ3) is 2.45. The summed E-state index contributed by atoms with van der Waals surface area (Å²) < 4.78 is 10.9. The van der Waals surface area contributed by atoms with Gasteiger partial charge < -0.3 is 9.15 Å². The normalized spacial score (nSPS) is 10.7. The van der Waals surface area contributed by atoms with Gasteiger partial charge in [0, 0.05) is 0 Å². The highest BCUT2D eigenvalue weighted by Gasteiger charge is 2.19. The SMILES string of the molecule is Cc1ccoc1C(=O)c1ccccc1OC(C)C. The molecule has 0 saturated carbocycles. The van der Waals surface area contributed by atoms with Gasteiger partial charge in [-0.1, -0.05) is 12.1 Å². The summed E-state index contributed by atoms with van der Waals surface area (Å²) in [6.45, 7) is 5.71. The lowest BCUT2D eigenvalue weighted by Gasteiger charge is -2.12. The second-order valence-corrected chi connectivity index (χ2v) is 4.42. The first-order chi connectivity index (χ1) is 8.59. The lowest BCUT2D eigenvalue weighted by atomic mass is 10.1. The Hall–Kier alpha value is -2.03. The monoisotopic (exact) mass is 244 g/mol. The number of carbonyl (C=O) groups excluding carboxylic acids is 1. The number of hydrogen-bond acceptors (Lipinski definition) is 3. The number of ether oxygens (including phenoxy) is 1. The van der Waals surface area contributed by atoms with E-state index in [0.29, 0.717) is 17.1 Å². The molecule has 0 amide bonds. The van der Waals surface area contributed by atoms with Crippen molar-refractivity contribution < 1.29 is 13.9 Å². The van der Waals surface area contributed by atoms with Crippen LogP contribution in [-0.2, 0) is 0 Å². The molecule has 0 N–H and O–H groups in total. The molecule has 0 aliphatic heterocycles. The second kappa shape index (κ2) is 5.08. The van der Waals surface area contributed by atoms with E-state index in [2.05, 4.69) is 0 Å². The summed E-state index contributed by atoms with van der Waals surface area (Å²) >= 11 is 0. The number of furan rings is 1. The highest BCUT2D eigenvalue weighted by atomic mass is 16.5. The Balaban J connectivity index is 2.39. The van der Waals surface area contributed by atoms with Crippen molar-refractivity contribution in [2.75, 3.05) is 0 Å². The summed E-state index contributed by atoms with van der Waals surface area (Å²) in [5.41, 5.74) is 1.36. The number of carbonyl (C=O) groups is 1. The van der Waals surface area contributed by atoms with Gasteiger partial charge in [0.05, 0.1) is 17.9 Å². The maximum Gasteiger partial charge on any atom is 0.232 e. The van der Waals surface area contributed by atoms with Crippen LogP contribution in [0.2, 0.25) is 0 Å². The first-order valence-corrected chi connectivity index (χ1v) is 5.94. The molecule has 0 radical (unpaired) electrons. The van der Waals surface area contributed by atoms with E-state index in [1.165, 1.54) is 6.26 Å². The molecule has 2 rings (SSSR count). The van der Waals surface area contributed by atoms with Crippen molar-refractivity contribution in [1.82, 2.24) is 0 Å². The molecule has 18 heavy (non-hydrogen) atoms. The zero-order valence-corrected chi connectivity index (χ0v) is 10.8. The molecule has 0 fully saturated rings. The number of benzene rings is 1. The molecule has 0 aliphatic rings. The van der Waals surface area contributed by atoms with Crippen LogP contribution in [0.15, 0.2) is 41.0 Å². The van der Waals surface area contributed by atoms with E-state index in [9.17, 15) is 4.79 Å². The third-order valence-corrected chi connectivity index (χ3v) is 2.56. The van der Waals surface area contributed by atoms with Crippen LogP contribution in [0.1, 0.15) is 35.5 Å². The summed E-state index contributed by atoms with van der Waals surface area (Å²) in [4.78, 5) is 12.4. The van der Waals surface area contributed by atoms with Crippen molar-refractivity contribution in [2.24, 2.45) is 0 Å². The topological polar surface area (TPSA) is 39.4 Å². The van der Waals surface area contributed by atoms with E-state index in [4.69, 9.17) is 9.15 Å². The second-order valence-electron chi connectivity index (χ2n) is 4.42. The molecule has 0 unspecified atom stereocenters. The van der Waals surface area contributed by atoms with E-state index in [0.717, 1.165) is 5.56 Å². The standard InChI is InChI=1S/C15H16O3/c1-10(2)18-13-7-5-4-6-12(13)14(16)15-11(3)8-9-17-15/h4-10H,1-3H3. The Morgan fingerprint density at radius 1 is 1.22 bits per heavy atom. The van der Waals surface area contributed by atoms with Crippen molar-refractivity contribution in [2.45, 2.75) is 26.9 Å². The average Bonchev–Trinajstić information content (AvgIpc) is 2.74. The smallest absolute Gasteiger partial charge is 0.232 e. The van der Waals surface area contributed by atoms with Gasteiger partial charge >= 0.3 is 0 Å². The van der Waals surface area contributed by atoms with Gasteiger partial charge in [0.2, 0.25) is 5.78 Å². The van der Waals surface area contributed by atoms with Gasteiger partial charge in [-0.25, -0.2) is 0 Å². The van der Waals surface area contributed by atoms with Crippen molar-refractivity contribution >= 4 is 5.78 Å². The molecule has 0 spiro atoms. The van der Waals surface area contributed by atoms with Gasteiger partial charge in [0.15, 0.2) is 5.76 Å². The molecular weight excluding hydrogens is 228 g/mol. The van der Waals surface area contributed by atoms with Gasteiger partial charge in [0.25, 0.3) is 0 Å². The average molecular weight is 244 g/mol. The van der Waals surface area contributed by atoms with Crippen LogP contribution < -0.4 is 4.74 Å². The molecule has 0 saturated heterocycles. The van der Waals surface area contributed by atoms with Crippen LogP contribution in [0.25, 0.3) is 0 Å². The van der Waals surface area contributed by atoms with Gasteiger partial charge in [-0.15, -0.1) is 0 Å². The van der Waals surface area contributed by atoms with Gasteiger partial charge in [0.1, 0.15) is 5.75 Å². The summed E-state index contributed by atoms with van der Waals surface area (Å²) in [6.07, 6.45) is 1.55. The molecule has 2 aromatic rings. The van der Waals surface area contributed by atoms with Crippen molar-refractivity contribution in [3.05, 3.63) is 53.5 Å². The molecule has 94 valence electrons. The maximum absolute atomic E-state index is 12.4. The molecular formula is C15H16O3. The predicted octanol–water partition coefficient (Wildman–Crippen LogP) is 3.61. The molecule has 1 aromatic heterocycles. The number of ketones is 1. The first-order valence-electron chi connectivity index (χ1n) is 5.94. The molecule has 0 aliphatic carbocycles. The van der Waals surface area contributed by atoms with Crippen molar-refractivity contribution in [1.29, 1.82) is 0 Å². The minimum atomic E-state index is -0.145. The lowest BCUT2D eigenvalue weighted by molar-refractivity contribution is 0.100. The van der Waals surface area contributed by atoms with Crippen LogP contribution >= 0.6 is 0 Å². The highest BCUT2D eigenvalue weighted by Crippen LogP contribution is 2.24. The van der Waals surface area contributed by atoms with E-state index in [1.807, 2.05) is 32.9 Å². The Morgan fingerprint density at radius 3 is 2.56 bits per heavy atom. The van der Waals surface area contributed by atoms with E-state index >= 15 is 0 Å². The van der Waals surface area contributed by atoms with Gasteiger partial charge in [-0.3, -0.25) is 4.79 Å². The fraction of sp³-hybridized carbons (Fsp3) is 0.267. The third-order valence-electron chi connectivity index (χ3n) is 2.56. The van der Waals surface area contributed by atoms with Gasteiger partial charge in [-0.05, 0) is 44.5 Å². The molecule has 3 nitrogen and oxygen atoms in total. The fourth-order valence-corrected chi connectivity index (χ4v) is 1.74. The van der Waals surface area contributed by atoms with Crippen LogP contribution in [0.3, 0.4) is 0 Å². The molecule has 0 bridgehead atoms. The van der Waals surface area contributed by atoms with Crippen LogP contribution in [0.4, 0.5) is 0 Å². The van der Waals surface area contributed by atoms with Gasteiger partial charge in [-0.2, -0.15) is 0 Å². The first kappa shape index (κ1) is 12.4. The van der Waals surface area contributed by atoms with E-state index in [1.54, 1.807) is 18.2 Å². The number of hydrogen-bond donors (Lipinski definition) is 0. The fourth-order valence-electron chi connectivity index (χ4n) is 1.74. The van der Waals surface area contributed by atoms with Crippen LogP contribution in [-0.4, -0.2) is 11.9 Å². The quantitative estimate of drug-likeness (QED) is 0.771. The minimum absolute atomic E-state index is 0.0247. The largest absolute Gasteiger partial charge is 0.490 e. The summed E-state index contributed by atoms with van der Waals surface area (Å²) in [5, 5.41) is 0. The number of rotatable bonds is 4. The Morgan fingerprint density at radius 2 is 1.94 bits per heavy atom. The zero-order chi connectivity index (χ0) is 13.1. The Bertz CT molecular complexity index is 552. The minimum Gasteiger partial charge on any atom is -0.490 e. The summed E-state index contributed by atoms with van der Waals surface area (Å²) in [6, 6.07) is 8.99. The van der Waals surface area contributed by atoms with E-state index in [-0.39, 0.29) is 11.9 Å². The number of aryl methyl sites for hydroxylation is 1. The number of para-hydroxylation sites is 1. The molecule has 1 heterocycles. The molecule has 1 aromatic carbocycles. The zero-order valence-electron chi connectivity index (χ0n) is 10.8. The lowest BCUT2D eigenvalue weighted by Crippen LogP contribution is -2.10. The Labute approximate surface area is 106 Å². The van der Waals surface area contributed by atoms with Crippen molar-refractivity contribution in [3.63, 3.8) is 0 Å². The highest BCUT2D eigenvalue weighted by molar-refractivity contribution is 6.09. The maximum atomic E-state index is 12.4. The molecule has 0 atom stereocenters. The van der Waals surface area contributed by atoms with Crippen molar-refractivity contribution in [3.8, 4) is 5.75 Å².